The van der Waals surface area contributed by atoms with Crippen molar-refractivity contribution in [3.63, 3.8) is 0 Å². The lowest BCUT2D eigenvalue weighted by Gasteiger charge is -1.95. The first kappa shape index (κ1) is 10.3. The molecule has 3 nitrogen and oxygen atoms in total. The van der Waals surface area contributed by atoms with E-state index in [1.807, 2.05) is 16.8 Å². The van der Waals surface area contributed by atoms with Crippen molar-refractivity contribution in [1.29, 1.82) is 0 Å². The number of rotatable bonds is 3. The molecule has 0 bridgehead atoms. The Morgan fingerprint density at radius 1 is 1.53 bits per heavy atom. The van der Waals surface area contributed by atoms with Gasteiger partial charge in [-0.3, -0.25) is 0 Å². The third-order valence-electron chi connectivity index (χ3n) is 1.76. The van der Waals surface area contributed by atoms with Crippen LogP contribution in [0.2, 0.25) is 0 Å². The molecule has 2 heterocycles. The van der Waals surface area contributed by atoms with E-state index in [0.29, 0.717) is 12.3 Å². The minimum Gasteiger partial charge on any atom is -0.461 e. The number of nitrogens with zero attached hydrogens (tertiary/aromatic N) is 1. The van der Waals surface area contributed by atoms with Crippen LogP contribution < -0.4 is 0 Å². The third kappa shape index (κ3) is 2.24. The molecule has 0 atom stereocenters. The number of thiazole rings is 1. The fraction of sp³-hybridized carbons (Fsp3) is 0.200. The van der Waals surface area contributed by atoms with Crippen molar-refractivity contribution in [1.82, 2.24) is 4.98 Å². The van der Waals surface area contributed by atoms with Gasteiger partial charge in [0.2, 0.25) is 0 Å². The molecule has 0 aliphatic rings. The van der Waals surface area contributed by atoms with Crippen molar-refractivity contribution < 1.29 is 9.53 Å². The standard InChI is InChI=1S/C10H9NO2S2/c1-2-13-10(12)8-6-15-9(11-8)7-3-4-14-5-7/h3-6H,2H2,1H3. The molecule has 0 aliphatic heterocycles. The minimum absolute atomic E-state index is 0.352. The summed E-state index contributed by atoms with van der Waals surface area (Å²) in [4.78, 5) is 15.6. The second-order valence-corrected chi connectivity index (χ2v) is 4.41. The molecule has 5 heteroatoms. The van der Waals surface area contributed by atoms with Crippen LogP contribution in [0.3, 0.4) is 0 Å². The zero-order valence-corrected chi connectivity index (χ0v) is 9.73. The van der Waals surface area contributed by atoms with E-state index < -0.39 is 0 Å². The van der Waals surface area contributed by atoms with Gasteiger partial charge in [-0.15, -0.1) is 11.3 Å². The number of carbonyl (C=O) groups is 1. The molecular weight excluding hydrogens is 230 g/mol. The van der Waals surface area contributed by atoms with Gasteiger partial charge in [0.15, 0.2) is 5.69 Å². The molecule has 78 valence electrons. The Hall–Kier alpha value is -1.20. The van der Waals surface area contributed by atoms with Gasteiger partial charge in [-0.1, -0.05) is 0 Å². The van der Waals surface area contributed by atoms with Gasteiger partial charge < -0.3 is 4.74 Å². The molecule has 0 radical (unpaired) electrons. The number of carbonyl (C=O) groups excluding carboxylic acids is 1. The lowest BCUT2D eigenvalue weighted by molar-refractivity contribution is 0.0520. The van der Waals surface area contributed by atoms with Crippen LogP contribution >= 0.6 is 22.7 Å². The van der Waals surface area contributed by atoms with Crippen LogP contribution in [0.25, 0.3) is 10.6 Å². The maximum Gasteiger partial charge on any atom is 0.357 e. The topological polar surface area (TPSA) is 39.2 Å². The zero-order chi connectivity index (χ0) is 10.7. The average Bonchev–Trinajstić information content (AvgIpc) is 2.89. The fourth-order valence-electron chi connectivity index (χ4n) is 1.09. The summed E-state index contributed by atoms with van der Waals surface area (Å²) in [5.74, 6) is -0.352. The Morgan fingerprint density at radius 3 is 3.07 bits per heavy atom. The van der Waals surface area contributed by atoms with Crippen LogP contribution in [-0.2, 0) is 4.74 Å². The van der Waals surface area contributed by atoms with Gasteiger partial charge in [0, 0.05) is 16.3 Å². The first-order valence-electron chi connectivity index (χ1n) is 4.46. The quantitative estimate of drug-likeness (QED) is 0.773. The maximum atomic E-state index is 11.4. The molecule has 0 saturated carbocycles. The number of hydrogen-bond donors (Lipinski definition) is 0. The van der Waals surface area contributed by atoms with Gasteiger partial charge in [0.05, 0.1) is 6.61 Å². The molecular formula is C10H9NO2S2. The summed E-state index contributed by atoms with van der Waals surface area (Å²) in [5, 5.41) is 6.58. The molecule has 0 aliphatic carbocycles. The Morgan fingerprint density at radius 2 is 2.40 bits per heavy atom. The SMILES string of the molecule is CCOC(=O)c1csc(-c2ccsc2)n1. The number of aromatic nitrogens is 1. The molecule has 15 heavy (non-hydrogen) atoms. The highest BCUT2D eigenvalue weighted by Crippen LogP contribution is 2.25. The van der Waals surface area contributed by atoms with E-state index in [4.69, 9.17) is 4.74 Å². The molecule has 0 fully saturated rings. The summed E-state index contributed by atoms with van der Waals surface area (Å²) in [6, 6.07) is 1.98. The third-order valence-corrected chi connectivity index (χ3v) is 3.33. The molecule has 0 spiro atoms. The lowest BCUT2D eigenvalue weighted by Crippen LogP contribution is -2.04. The van der Waals surface area contributed by atoms with Crippen LogP contribution in [0.15, 0.2) is 22.2 Å². The predicted molar refractivity (Wildman–Crippen MR) is 61.4 cm³/mol. The predicted octanol–water partition coefficient (Wildman–Crippen LogP) is 3.05. The van der Waals surface area contributed by atoms with E-state index in [1.165, 1.54) is 11.3 Å². The van der Waals surface area contributed by atoms with Crippen molar-refractivity contribution in [2.45, 2.75) is 6.92 Å². The first-order valence-corrected chi connectivity index (χ1v) is 6.28. The van der Waals surface area contributed by atoms with Crippen molar-refractivity contribution in [3.8, 4) is 10.6 Å². The summed E-state index contributed by atoms with van der Waals surface area (Å²) in [6.07, 6.45) is 0. The van der Waals surface area contributed by atoms with E-state index in [9.17, 15) is 4.79 Å². The van der Waals surface area contributed by atoms with Crippen LogP contribution in [0, 0.1) is 0 Å². The van der Waals surface area contributed by atoms with Crippen molar-refractivity contribution >= 4 is 28.6 Å². The van der Waals surface area contributed by atoms with E-state index in [2.05, 4.69) is 4.98 Å². The Bertz CT molecular complexity index is 448. The number of hydrogen-bond acceptors (Lipinski definition) is 5. The molecule has 2 aromatic rings. The zero-order valence-electron chi connectivity index (χ0n) is 8.10. The van der Waals surface area contributed by atoms with E-state index >= 15 is 0 Å². The monoisotopic (exact) mass is 239 g/mol. The van der Waals surface area contributed by atoms with Gasteiger partial charge in [-0.2, -0.15) is 11.3 Å². The van der Waals surface area contributed by atoms with Crippen LogP contribution in [0.1, 0.15) is 17.4 Å². The molecule has 2 aromatic heterocycles. The van der Waals surface area contributed by atoms with E-state index in [1.54, 1.807) is 23.6 Å². The molecule has 0 saturated heterocycles. The van der Waals surface area contributed by atoms with Crippen molar-refractivity contribution in [2.24, 2.45) is 0 Å². The summed E-state index contributed by atoms with van der Waals surface area (Å²) in [6.45, 7) is 2.16. The van der Waals surface area contributed by atoms with Gasteiger partial charge in [0.1, 0.15) is 5.01 Å². The van der Waals surface area contributed by atoms with Crippen LogP contribution in [0.4, 0.5) is 0 Å². The molecule has 0 amide bonds. The highest BCUT2D eigenvalue weighted by Gasteiger charge is 2.12. The van der Waals surface area contributed by atoms with Gasteiger partial charge in [-0.25, -0.2) is 9.78 Å². The van der Waals surface area contributed by atoms with Crippen molar-refractivity contribution in [3.05, 3.63) is 27.9 Å². The summed E-state index contributed by atoms with van der Waals surface area (Å²) < 4.78 is 4.87. The maximum absolute atomic E-state index is 11.4. The largest absolute Gasteiger partial charge is 0.461 e. The second kappa shape index (κ2) is 4.55. The Balaban J connectivity index is 2.21. The van der Waals surface area contributed by atoms with Gasteiger partial charge in [-0.05, 0) is 18.4 Å². The van der Waals surface area contributed by atoms with Crippen LogP contribution in [-0.4, -0.2) is 17.6 Å². The lowest BCUT2D eigenvalue weighted by atomic mass is 10.3. The molecule has 2 rings (SSSR count). The molecule has 0 aromatic carbocycles. The summed E-state index contributed by atoms with van der Waals surface area (Å²) in [5.41, 5.74) is 1.45. The minimum atomic E-state index is -0.352. The van der Waals surface area contributed by atoms with E-state index in [-0.39, 0.29) is 5.97 Å². The fourth-order valence-corrected chi connectivity index (χ4v) is 2.59. The van der Waals surface area contributed by atoms with Gasteiger partial charge >= 0.3 is 5.97 Å². The molecule has 0 unspecified atom stereocenters. The number of ether oxygens (including phenoxy) is 1. The highest BCUT2D eigenvalue weighted by molar-refractivity contribution is 7.14. The smallest absolute Gasteiger partial charge is 0.357 e. The molecule has 0 N–H and O–H groups in total. The Kier molecular flexibility index (Phi) is 3.13. The van der Waals surface area contributed by atoms with Crippen molar-refractivity contribution in [2.75, 3.05) is 6.61 Å². The summed E-state index contributed by atoms with van der Waals surface area (Å²) >= 11 is 3.07. The normalized spacial score (nSPS) is 10.2. The number of esters is 1. The first-order chi connectivity index (χ1) is 7.31. The van der Waals surface area contributed by atoms with E-state index in [0.717, 1.165) is 10.6 Å². The highest BCUT2D eigenvalue weighted by atomic mass is 32.1. The second-order valence-electron chi connectivity index (χ2n) is 2.77. The van der Waals surface area contributed by atoms with Crippen LogP contribution in [0.5, 0.6) is 0 Å². The Labute approximate surface area is 95.4 Å². The number of thiophene rings is 1. The van der Waals surface area contributed by atoms with Gasteiger partial charge in [0.25, 0.3) is 0 Å². The summed E-state index contributed by atoms with van der Waals surface area (Å²) in [7, 11) is 0. The average molecular weight is 239 g/mol.